The third kappa shape index (κ3) is 3.26. The van der Waals surface area contributed by atoms with E-state index in [-0.39, 0.29) is 12.5 Å². The van der Waals surface area contributed by atoms with Crippen LogP contribution in [0.4, 0.5) is 0 Å². The summed E-state index contributed by atoms with van der Waals surface area (Å²) in [5, 5.41) is 14.0. The number of aliphatic hydroxyl groups is 1. The summed E-state index contributed by atoms with van der Waals surface area (Å²) in [4.78, 5) is 15.4. The van der Waals surface area contributed by atoms with Crippen LogP contribution in [0, 0.1) is 6.92 Å². The van der Waals surface area contributed by atoms with Gasteiger partial charge < -0.3 is 20.1 Å². The molecule has 0 aliphatic carbocycles. The van der Waals surface area contributed by atoms with Crippen LogP contribution in [0.25, 0.3) is 10.9 Å². The molecule has 0 saturated heterocycles. The molecule has 0 aliphatic heterocycles. The molecule has 1 unspecified atom stereocenters. The number of amides is 1. The first-order valence-electron chi connectivity index (χ1n) is 7.77. The number of hydrogen-bond acceptors (Lipinski definition) is 3. The summed E-state index contributed by atoms with van der Waals surface area (Å²) in [6.07, 6.45) is -0.796. The van der Waals surface area contributed by atoms with Gasteiger partial charge in [0.25, 0.3) is 5.91 Å². The molecule has 0 spiro atoms. The molecule has 1 amide bonds. The normalized spacial score (nSPS) is 12.1. The lowest BCUT2D eigenvalue weighted by atomic mass is 10.1. The number of aromatic nitrogens is 1. The number of H-pyrrole nitrogens is 1. The number of aryl methyl sites for hydroxylation is 1. The van der Waals surface area contributed by atoms with Gasteiger partial charge in [-0.25, -0.2) is 0 Å². The minimum Gasteiger partial charge on any atom is -0.497 e. The average Bonchev–Trinajstić information content (AvgIpc) is 3.05. The van der Waals surface area contributed by atoms with E-state index in [1.807, 2.05) is 37.3 Å². The summed E-state index contributed by atoms with van der Waals surface area (Å²) >= 11 is 0. The number of fused-ring (bicyclic) bond motifs is 1. The highest BCUT2D eigenvalue weighted by molar-refractivity contribution is 5.98. The standard InChI is InChI=1S/C19H20N2O3/c1-12-5-3-7-14-10-16(21-18(12)14)19(23)20-11-17(22)13-6-4-8-15(9-13)24-2/h3-10,17,21-22H,11H2,1-2H3,(H,20,23). The Labute approximate surface area is 140 Å². The van der Waals surface area contributed by atoms with E-state index in [0.29, 0.717) is 17.0 Å². The molecule has 0 aliphatic rings. The van der Waals surface area contributed by atoms with Gasteiger partial charge in [-0.2, -0.15) is 0 Å². The second-order valence-corrected chi connectivity index (χ2v) is 5.72. The Kier molecular flexibility index (Phi) is 4.53. The summed E-state index contributed by atoms with van der Waals surface area (Å²) < 4.78 is 5.14. The van der Waals surface area contributed by atoms with Gasteiger partial charge in [-0.1, -0.05) is 30.3 Å². The number of aromatic amines is 1. The Morgan fingerprint density at radius 1 is 1.25 bits per heavy atom. The SMILES string of the molecule is COc1cccc(C(O)CNC(=O)c2cc3cccc(C)c3[nH]2)c1. The summed E-state index contributed by atoms with van der Waals surface area (Å²) in [5.74, 6) is 0.427. The smallest absolute Gasteiger partial charge is 0.267 e. The number of carbonyl (C=O) groups is 1. The second kappa shape index (κ2) is 6.76. The van der Waals surface area contributed by atoms with E-state index >= 15 is 0 Å². The molecule has 0 radical (unpaired) electrons. The minimum atomic E-state index is -0.796. The molecule has 124 valence electrons. The van der Waals surface area contributed by atoms with Gasteiger partial charge in [-0.3, -0.25) is 4.79 Å². The maximum absolute atomic E-state index is 12.3. The van der Waals surface area contributed by atoms with E-state index < -0.39 is 6.10 Å². The third-order valence-corrected chi connectivity index (χ3v) is 4.04. The second-order valence-electron chi connectivity index (χ2n) is 5.72. The van der Waals surface area contributed by atoms with Gasteiger partial charge in [-0.05, 0) is 36.2 Å². The molecular formula is C19H20N2O3. The van der Waals surface area contributed by atoms with Crippen molar-refractivity contribution >= 4 is 16.8 Å². The molecular weight excluding hydrogens is 304 g/mol. The molecule has 1 heterocycles. The molecule has 3 N–H and O–H groups in total. The number of carbonyl (C=O) groups excluding carboxylic acids is 1. The molecule has 3 aromatic rings. The zero-order valence-electron chi connectivity index (χ0n) is 13.7. The van der Waals surface area contributed by atoms with Crippen LogP contribution in [-0.2, 0) is 0 Å². The van der Waals surface area contributed by atoms with Crippen molar-refractivity contribution in [1.82, 2.24) is 10.3 Å². The third-order valence-electron chi connectivity index (χ3n) is 4.04. The lowest BCUT2D eigenvalue weighted by molar-refractivity contribution is 0.0912. The molecule has 5 nitrogen and oxygen atoms in total. The lowest BCUT2D eigenvalue weighted by Gasteiger charge is -2.12. The van der Waals surface area contributed by atoms with Crippen LogP contribution in [-0.4, -0.2) is 29.7 Å². The molecule has 1 aromatic heterocycles. The van der Waals surface area contributed by atoms with E-state index in [4.69, 9.17) is 4.74 Å². The number of benzene rings is 2. The first kappa shape index (κ1) is 16.1. The fraction of sp³-hybridized carbons (Fsp3) is 0.211. The van der Waals surface area contributed by atoms with Crippen molar-refractivity contribution in [2.75, 3.05) is 13.7 Å². The molecule has 1 atom stereocenters. The van der Waals surface area contributed by atoms with Crippen molar-refractivity contribution in [3.8, 4) is 5.75 Å². The van der Waals surface area contributed by atoms with Crippen molar-refractivity contribution < 1.29 is 14.6 Å². The van der Waals surface area contributed by atoms with Crippen molar-refractivity contribution in [2.24, 2.45) is 0 Å². The summed E-state index contributed by atoms with van der Waals surface area (Å²) in [5.41, 5.74) is 3.22. The quantitative estimate of drug-likeness (QED) is 0.675. The molecule has 0 saturated carbocycles. The van der Waals surface area contributed by atoms with Crippen LogP contribution in [0.3, 0.4) is 0 Å². The van der Waals surface area contributed by atoms with Crippen LogP contribution in [0.5, 0.6) is 5.75 Å². The van der Waals surface area contributed by atoms with Crippen LogP contribution in [0.1, 0.15) is 27.7 Å². The van der Waals surface area contributed by atoms with Crippen molar-refractivity contribution in [2.45, 2.75) is 13.0 Å². The largest absolute Gasteiger partial charge is 0.497 e. The highest BCUT2D eigenvalue weighted by Crippen LogP contribution is 2.20. The Hall–Kier alpha value is -2.79. The number of rotatable bonds is 5. The zero-order chi connectivity index (χ0) is 17.1. The molecule has 0 fully saturated rings. The zero-order valence-corrected chi connectivity index (χ0v) is 13.7. The Balaban J connectivity index is 1.68. The molecule has 24 heavy (non-hydrogen) atoms. The molecule has 3 rings (SSSR count). The fourth-order valence-corrected chi connectivity index (χ4v) is 2.68. The Bertz CT molecular complexity index is 870. The Morgan fingerprint density at radius 3 is 2.79 bits per heavy atom. The van der Waals surface area contributed by atoms with Crippen molar-refractivity contribution in [1.29, 1.82) is 0 Å². The number of aliphatic hydroxyl groups excluding tert-OH is 1. The van der Waals surface area contributed by atoms with Gasteiger partial charge in [-0.15, -0.1) is 0 Å². The predicted octanol–water partition coefficient (Wildman–Crippen LogP) is 2.95. The summed E-state index contributed by atoms with van der Waals surface area (Å²) in [6, 6.07) is 14.9. The number of hydrogen-bond donors (Lipinski definition) is 3. The first-order chi connectivity index (χ1) is 11.6. The highest BCUT2D eigenvalue weighted by Gasteiger charge is 2.13. The van der Waals surface area contributed by atoms with Gasteiger partial charge in [0, 0.05) is 17.4 Å². The van der Waals surface area contributed by atoms with E-state index in [9.17, 15) is 9.90 Å². The monoisotopic (exact) mass is 324 g/mol. The minimum absolute atomic E-state index is 0.125. The van der Waals surface area contributed by atoms with E-state index in [1.165, 1.54) is 0 Å². The topological polar surface area (TPSA) is 74.3 Å². The van der Waals surface area contributed by atoms with Gasteiger partial charge in [0.1, 0.15) is 11.4 Å². The van der Waals surface area contributed by atoms with Gasteiger partial charge in [0.05, 0.1) is 13.2 Å². The predicted molar refractivity (Wildman–Crippen MR) is 93.3 cm³/mol. The van der Waals surface area contributed by atoms with E-state index in [1.54, 1.807) is 25.3 Å². The maximum atomic E-state index is 12.3. The first-order valence-corrected chi connectivity index (χ1v) is 7.77. The molecule has 2 aromatic carbocycles. The van der Waals surface area contributed by atoms with E-state index in [2.05, 4.69) is 10.3 Å². The van der Waals surface area contributed by atoms with Crippen LogP contribution < -0.4 is 10.1 Å². The maximum Gasteiger partial charge on any atom is 0.267 e. The van der Waals surface area contributed by atoms with Gasteiger partial charge >= 0.3 is 0 Å². The number of ether oxygens (including phenoxy) is 1. The Morgan fingerprint density at radius 2 is 2.04 bits per heavy atom. The van der Waals surface area contributed by atoms with Gasteiger partial charge in [0.2, 0.25) is 0 Å². The molecule has 5 heteroatoms. The fourth-order valence-electron chi connectivity index (χ4n) is 2.68. The number of para-hydroxylation sites is 1. The van der Waals surface area contributed by atoms with Crippen molar-refractivity contribution in [3.63, 3.8) is 0 Å². The lowest BCUT2D eigenvalue weighted by Crippen LogP contribution is -2.28. The van der Waals surface area contributed by atoms with Crippen molar-refractivity contribution in [3.05, 3.63) is 65.4 Å². The van der Waals surface area contributed by atoms with Crippen LogP contribution >= 0.6 is 0 Å². The van der Waals surface area contributed by atoms with Crippen LogP contribution in [0.15, 0.2) is 48.5 Å². The summed E-state index contributed by atoms with van der Waals surface area (Å²) in [7, 11) is 1.57. The molecule has 0 bridgehead atoms. The van der Waals surface area contributed by atoms with E-state index in [0.717, 1.165) is 16.5 Å². The van der Waals surface area contributed by atoms with Gasteiger partial charge in [0.15, 0.2) is 0 Å². The summed E-state index contributed by atoms with van der Waals surface area (Å²) in [6.45, 7) is 2.12. The van der Waals surface area contributed by atoms with Crippen LogP contribution in [0.2, 0.25) is 0 Å². The average molecular weight is 324 g/mol. The number of methoxy groups -OCH3 is 1. The highest BCUT2D eigenvalue weighted by atomic mass is 16.5. The number of nitrogens with one attached hydrogen (secondary N) is 2.